The third-order valence-corrected chi connectivity index (χ3v) is 2.17. The summed E-state index contributed by atoms with van der Waals surface area (Å²) in [6, 6.07) is 0. The predicted molar refractivity (Wildman–Crippen MR) is 54.8 cm³/mol. The average Bonchev–Trinajstić information content (AvgIpc) is 2.65. The Hall–Kier alpha value is -0.720. The Morgan fingerprint density at radius 2 is 2.20 bits per heavy atom. The van der Waals surface area contributed by atoms with E-state index in [0.29, 0.717) is 19.0 Å². The summed E-state index contributed by atoms with van der Waals surface area (Å²) < 4.78 is 11.8. The van der Waals surface area contributed by atoms with Gasteiger partial charge in [-0.1, -0.05) is 0 Å². The maximum atomic E-state index is 5.92. The summed E-state index contributed by atoms with van der Waals surface area (Å²) in [5.41, 5.74) is 0. The number of halogens is 1. The number of alkyl halides is 1. The number of ether oxygens (including phenoxy) is 2. The van der Waals surface area contributed by atoms with E-state index in [2.05, 4.69) is 15.5 Å². The minimum Gasteiger partial charge on any atom is -0.382 e. The van der Waals surface area contributed by atoms with E-state index in [1.165, 1.54) is 0 Å². The molecule has 0 fully saturated rings. The van der Waals surface area contributed by atoms with Crippen molar-refractivity contribution < 1.29 is 9.47 Å². The number of tetrazole rings is 1. The molecule has 1 aromatic rings. The molecule has 0 aliphatic heterocycles. The Balaban J connectivity index is 2.65. The molecule has 7 heteroatoms. The zero-order valence-corrected chi connectivity index (χ0v) is 9.81. The fraction of sp³-hybridized carbons (Fsp3) is 0.875. The molecule has 86 valence electrons. The zero-order chi connectivity index (χ0) is 11.3. The van der Waals surface area contributed by atoms with Gasteiger partial charge >= 0.3 is 0 Å². The second-order valence-electron chi connectivity index (χ2n) is 3.15. The Morgan fingerprint density at radius 3 is 2.73 bits per heavy atom. The van der Waals surface area contributed by atoms with Gasteiger partial charge in [-0.2, -0.15) is 0 Å². The monoisotopic (exact) mass is 234 g/mol. The van der Waals surface area contributed by atoms with E-state index in [9.17, 15) is 0 Å². The van der Waals surface area contributed by atoms with Crippen LogP contribution in [0.5, 0.6) is 0 Å². The molecule has 0 aromatic carbocycles. The van der Waals surface area contributed by atoms with E-state index in [1.807, 2.05) is 6.92 Å². The van der Waals surface area contributed by atoms with E-state index < -0.39 is 0 Å². The summed E-state index contributed by atoms with van der Waals surface area (Å²) in [5, 5.41) is 11.0. The van der Waals surface area contributed by atoms with E-state index in [-0.39, 0.29) is 11.5 Å². The minimum absolute atomic E-state index is 0.0762. The second-order valence-corrected chi connectivity index (χ2v) is 3.80. The molecule has 0 aliphatic carbocycles. The van der Waals surface area contributed by atoms with Crippen LogP contribution in [0.25, 0.3) is 0 Å². The Kier molecular flexibility index (Phi) is 4.93. The molecular weight excluding hydrogens is 220 g/mol. The molecule has 0 radical (unpaired) electrons. The predicted octanol–water partition coefficient (Wildman–Crippen LogP) is 0.634. The highest BCUT2D eigenvalue weighted by Gasteiger charge is 2.16. The lowest BCUT2D eigenvalue weighted by Gasteiger charge is -2.14. The highest BCUT2D eigenvalue weighted by Crippen LogP contribution is 2.15. The maximum absolute atomic E-state index is 5.92. The van der Waals surface area contributed by atoms with Gasteiger partial charge in [0.25, 0.3) is 0 Å². The van der Waals surface area contributed by atoms with E-state index >= 15 is 0 Å². The summed E-state index contributed by atoms with van der Waals surface area (Å²) in [5.74, 6) is 0.634. The lowest BCUT2D eigenvalue weighted by atomic mass is 10.3. The molecule has 6 nitrogen and oxygen atoms in total. The summed E-state index contributed by atoms with van der Waals surface area (Å²) in [6.45, 7) is 2.85. The van der Waals surface area contributed by atoms with Crippen LogP contribution in [-0.2, 0) is 16.0 Å². The largest absolute Gasteiger partial charge is 0.382 e. The molecule has 1 aromatic heterocycles. The van der Waals surface area contributed by atoms with Crippen molar-refractivity contribution in [3.8, 4) is 0 Å². The molecule has 2 atom stereocenters. The fourth-order valence-electron chi connectivity index (χ4n) is 1.20. The van der Waals surface area contributed by atoms with Crippen LogP contribution in [0.4, 0.5) is 0 Å². The smallest absolute Gasteiger partial charge is 0.168 e. The van der Waals surface area contributed by atoms with Crippen molar-refractivity contribution >= 4 is 11.6 Å². The van der Waals surface area contributed by atoms with Gasteiger partial charge in [0.15, 0.2) is 5.82 Å². The van der Waals surface area contributed by atoms with Gasteiger partial charge in [-0.15, -0.1) is 16.7 Å². The topological polar surface area (TPSA) is 62.1 Å². The highest BCUT2D eigenvalue weighted by atomic mass is 35.5. The van der Waals surface area contributed by atoms with Crippen LogP contribution in [0.15, 0.2) is 0 Å². The molecular formula is C8H15ClN4O2. The third kappa shape index (κ3) is 3.40. The number of rotatable bonds is 6. The third-order valence-electron chi connectivity index (χ3n) is 1.98. The van der Waals surface area contributed by atoms with Crippen LogP contribution in [0.3, 0.4) is 0 Å². The summed E-state index contributed by atoms with van der Waals surface area (Å²) in [4.78, 5) is 0. The summed E-state index contributed by atoms with van der Waals surface area (Å²) in [6.07, 6.45) is -0.0762. The quantitative estimate of drug-likeness (QED) is 0.676. The fourth-order valence-corrected chi connectivity index (χ4v) is 1.36. The van der Waals surface area contributed by atoms with Crippen molar-refractivity contribution in [3.05, 3.63) is 5.82 Å². The van der Waals surface area contributed by atoms with E-state index in [4.69, 9.17) is 21.1 Å². The maximum Gasteiger partial charge on any atom is 0.168 e. The molecule has 0 N–H and O–H groups in total. The van der Waals surface area contributed by atoms with Gasteiger partial charge in [0.1, 0.15) is 6.10 Å². The first-order valence-electron chi connectivity index (χ1n) is 4.61. The van der Waals surface area contributed by atoms with E-state index in [0.717, 1.165) is 0 Å². The van der Waals surface area contributed by atoms with Crippen molar-refractivity contribution in [2.75, 3.05) is 20.8 Å². The van der Waals surface area contributed by atoms with Crippen LogP contribution in [0.1, 0.15) is 18.1 Å². The van der Waals surface area contributed by atoms with Crippen molar-refractivity contribution in [1.82, 2.24) is 20.2 Å². The first-order valence-corrected chi connectivity index (χ1v) is 5.04. The standard InChI is InChI=1S/C8H15ClN4O2/c1-6(9)8-10-11-12-13(8)4-7(15-3)5-14-2/h6-7H,4-5H2,1-3H3. The number of methoxy groups -OCH3 is 2. The number of aromatic nitrogens is 4. The molecule has 0 saturated carbocycles. The summed E-state index contributed by atoms with van der Waals surface area (Å²) in [7, 11) is 3.24. The Morgan fingerprint density at radius 1 is 1.47 bits per heavy atom. The molecule has 1 heterocycles. The molecule has 0 bridgehead atoms. The van der Waals surface area contributed by atoms with Gasteiger partial charge in [-0.3, -0.25) is 0 Å². The Bertz CT molecular complexity index is 292. The first kappa shape index (κ1) is 12.4. The van der Waals surface area contributed by atoms with Gasteiger partial charge in [-0.25, -0.2) is 4.68 Å². The number of hydrogen-bond donors (Lipinski definition) is 0. The normalized spacial score (nSPS) is 15.2. The summed E-state index contributed by atoms with van der Waals surface area (Å²) >= 11 is 5.92. The molecule has 0 aliphatic rings. The second kappa shape index (κ2) is 5.99. The lowest BCUT2D eigenvalue weighted by Crippen LogP contribution is -2.25. The molecule has 0 spiro atoms. The van der Waals surface area contributed by atoms with E-state index in [1.54, 1.807) is 18.9 Å². The molecule has 0 saturated heterocycles. The number of hydrogen-bond acceptors (Lipinski definition) is 5. The SMILES string of the molecule is COCC(Cn1nnnc1C(C)Cl)OC. The molecule has 2 unspecified atom stereocenters. The highest BCUT2D eigenvalue weighted by molar-refractivity contribution is 6.20. The minimum atomic E-state index is -0.222. The van der Waals surface area contributed by atoms with Gasteiger partial charge in [0.2, 0.25) is 0 Å². The van der Waals surface area contributed by atoms with Crippen LogP contribution < -0.4 is 0 Å². The van der Waals surface area contributed by atoms with Gasteiger partial charge < -0.3 is 9.47 Å². The molecule has 15 heavy (non-hydrogen) atoms. The van der Waals surface area contributed by atoms with Crippen molar-refractivity contribution in [2.45, 2.75) is 24.9 Å². The first-order chi connectivity index (χ1) is 7.19. The number of nitrogens with zero attached hydrogens (tertiary/aromatic N) is 4. The van der Waals surface area contributed by atoms with Crippen LogP contribution in [0.2, 0.25) is 0 Å². The Labute approximate surface area is 93.5 Å². The zero-order valence-electron chi connectivity index (χ0n) is 9.05. The van der Waals surface area contributed by atoms with Crippen molar-refractivity contribution in [3.63, 3.8) is 0 Å². The van der Waals surface area contributed by atoms with Gasteiger partial charge in [0, 0.05) is 14.2 Å². The van der Waals surface area contributed by atoms with Crippen molar-refractivity contribution in [1.29, 1.82) is 0 Å². The van der Waals surface area contributed by atoms with Crippen molar-refractivity contribution in [2.24, 2.45) is 0 Å². The van der Waals surface area contributed by atoms with Crippen LogP contribution in [-0.4, -0.2) is 47.1 Å². The van der Waals surface area contributed by atoms with Crippen LogP contribution >= 0.6 is 11.6 Å². The van der Waals surface area contributed by atoms with Gasteiger partial charge in [-0.05, 0) is 17.4 Å². The average molecular weight is 235 g/mol. The van der Waals surface area contributed by atoms with Crippen LogP contribution in [0, 0.1) is 0 Å². The molecule has 1 rings (SSSR count). The lowest BCUT2D eigenvalue weighted by molar-refractivity contribution is 0.0155. The molecule has 0 amide bonds. The van der Waals surface area contributed by atoms with Gasteiger partial charge in [0.05, 0.1) is 18.5 Å².